The molecule has 0 saturated carbocycles. The van der Waals surface area contributed by atoms with Gasteiger partial charge < -0.3 is 14.8 Å². The maximum absolute atomic E-state index is 13.6. The second kappa shape index (κ2) is 7.13. The van der Waals surface area contributed by atoms with Crippen molar-refractivity contribution in [3.63, 3.8) is 0 Å². The van der Waals surface area contributed by atoms with E-state index in [2.05, 4.69) is 5.32 Å². The summed E-state index contributed by atoms with van der Waals surface area (Å²) in [7, 11) is 2.89. The van der Waals surface area contributed by atoms with Crippen LogP contribution in [0.3, 0.4) is 0 Å². The maximum Gasteiger partial charge on any atom is 0.181 e. The van der Waals surface area contributed by atoms with E-state index in [1.165, 1.54) is 26.4 Å². The number of benzene rings is 2. The first-order valence-electron chi connectivity index (χ1n) is 6.49. The highest BCUT2D eigenvalue weighted by Crippen LogP contribution is 2.27. The molecular weight excluding hydrogens is 309 g/mol. The monoisotopic (exact) mass is 323 g/mol. The van der Waals surface area contributed by atoms with Gasteiger partial charge >= 0.3 is 0 Å². The van der Waals surface area contributed by atoms with Crippen LogP contribution in [0.15, 0.2) is 36.4 Å². The smallest absolute Gasteiger partial charge is 0.181 e. The Hall–Kier alpha value is -2.27. The summed E-state index contributed by atoms with van der Waals surface area (Å²) < 4.78 is 23.4. The van der Waals surface area contributed by atoms with Crippen molar-refractivity contribution >= 4 is 23.1 Å². The number of hydrogen-bond acceptors (Lipinski definition) is 4. The van der Waals surface area contributed by atoms with Gasteiger partial charge in [-0.25, -0.2) is 4.39 Å². The molecule has 0 amide bonds. The minimum absolute atomic E-state index is 0.0222. The number of Topliss-reactive ketones (excluding diaryl/α,β-unsaturated/α-hetero) is 1. The molecular formula is C16H15ClFNO3. The lowest BCUT2D eigenvalue weighted by molar-refractivity contribution is 0.101. The predicted molar refractivity (Wildman–Crippen MR) is 83.8 cm³/mol. The third-order valence-corrected chi connectivity index (χ3v) is 3.37. The number of carbonyl (C=O) groups excluding carboxylic acids is 1. The van der Waals surface area contributed by atoms with Crippen LogP contribution in [0, 0.1) is 5.82 Å². The lowest BCUT2D eigenvalue weighted by Crippen LogP contribution is -2.14. The second-order valence-corrected chi connectivity index (χ2v) is 4.88. The van der Waals surface area contributed by atoms with Crippen molar-refractivity contribution in [3.8, 4) is 11.5 Å². The number of carbonyl (C=O) groups is 1. The van der Waals surface area contributed by atoms with Crippen LogP contribution in [-0.2, 0) is 0 Å². The van der Waals surface area contributed by atoms with Gasteiger partial charge in [0, 0.05) is 11.3 Å². The van der Waals surface area contributed by atoms with Crippen molar-refractivity contribution in [2.24, 2.45) is 0 Å². The molecule has 6 heteroatoms. The average molecular weight is 324 g/mol. The molecule has 116 valence electrons. The number of nitrogens with one attached hydrogen (secondary N) is 1. The van der Waals surface area contributed by atoms with Crippen LogP contribution >= 0.6 is 11.6 Å². The molecule has 4 nitrogen and oxygen atoms in total. The van der Waals surface area contributed by atoms with Crippen LogP contribution in [0.5, 0.6) is 11.5 Å². The summed E-state index contributed by atoms with van der Waals surface area (Å²) in [6.07, 6.45) is 0. The molecule has 0 fully saturated rings. The van der Waals surface area contributed by atoms with Crippen molar-refractivity contribution in [2.75, 3.05) is 26.1 Å². The Kier molecular flexibility index (Phi) is 5.22. The van der Waals surface area contributed by atoms with Crippen molar-refractivity contribution in [1.29, 1.82) is 0 Å². The first-order chi connectivity index (χ1) is 10.5. The molecule has 2 rings (SSSR count). The van der Waals surface area contributed by atoms with E-state index >= 15 is 0 Å². The summed E-state index contributed by atoms with van der Waals surface area (Å²) in [5, 5.41) is 3.38. The highest BCUT2D eigenvalue weighted by Gasteiger charge is 2.10. The van der Waals surface area contributed by atoms with Gasteiger partial charge in [-0.15, -0.1) is 0 Å². The van der Waals surface area contributed by atoms with E-state index in [4.69, 9.17) is 21.1 Å². The molecule has 0 aromatic heterocycles. The number of ketones is 1. The summed E-state index contributed by atoms with van der Waals surface area (Å²) in [4.78, 5) is 12.1. The third-order valence-electron chi connectivity index (χ3n) is 3.08. The standard InChI is InChI=1S/C16H15ClFNO3/c1-21-15-6-4-11(8-12(15)17)19-9-14(20)10-3-5-16(22-2)13(18)7-10/h3-8,19H,9H2,1-2H3. The van der Waals surface area contributed by atoms with Gasteiger partial charge in [0.05, 0.1) is 25.8 Å². The molecule has 0 spiro atoms. The van der Waals surface area contributed by atoms with E-state index in [-0.39, 0.29) is 23.6 Å². The highest BCUT2D eigenvalue weighted by molar-refractivity contribution is 6.32. The summed E-state index contributed by atoms with van der Waals surface area (Å²) in [6, 6.07) is 9.20. The van der Waals surface area contributed by atoms with Crippen LogP contribution in [-0.4, -0.2) is 26.5 Å². The SMILES string of the molecule is COc1ccc(C(=O)CNc2ccc(OC)c(Cl)c2)cc1F. The molecule has 0 aliphatic carbocycles. The molecule has 0 bridgehead atoms. The van der Waals surface area contributed by atoms with Gasteiger partial charge in [0.15, 0.2) is 17.3 Å². The summed E-state index contributed by atoms with van der Waals surface area (Å²) >= 11 is 6.00. The fraction of sp³-hybridized carbons (Fsp3) is 0.188. The van der Waals surface area contributed by atoms with E-state index in [9.17, 15) is 9.18 Å². The molecule has 0 heterocycles. The Balaban J connectivity index is 2.03. The Bertz CT molecular complexity index is 691. The molecule has 0 radical (unpaired) electrons. The van der Waals surface area contributed by atoms with Crippen LogP contribution in [0.4, 0.5) is 10.1 Å². The Morgan fingerprint density at radius 1 is 1.14 bits per heavy atom. The summed E-state index contributed by atoms with van der Waals surface area (Å²) in [6.45, 7) is 0.0222. The van der Waals surface area contributed by atoms with Crippen molar-refractivity contribution in [2.45, 2.75) is 0 Å². The van der Waals surface area contributed by atoms with Crippen LogP contribution < -0.4 is 14.8 Å². The first kappa shape index (κ1) is 16.1. The predicted octanol–water partition coefficient (Wildman–Crippen LogP) is 3.79. The average Bonchev–Trinajstić information content (AvgIpc) is 2.52. The molecule has 1 N–H and O–H groups in total. The summed E-state index contributed by atoms with van der Waals surface area (Å²) in [5.74, 6) is -0.156. The largest absolute Gasteiger partial charge is 0.495 e. The molecule has 2 aromatic carbocycles. The van der Waals surface area contributed by atoms with E-state index in [0.29, 0.717) is 16.5 Å². The Morgan fingerprint density at radius 3 is 2.41 bits per heavy atom. The minimum atomic E-state index is -0.569. The second-order valence-electron chi connectivity index (χ2n) is 4.48. The van der Waals surface area contributed by atoms with Crippen molar-refractivity contribution < 1.29 is 18.7 Å². The highest BCUT2D eigenvalue weighted by atomic mass is 35.5. The van der Waals surface area contributed by atoms with Crippen molar-refractivity contribution in [3.05, 3.63) is 52.8 Å². The zero-order valence-corrected chi connectivity index (χ0v) is 12.9. The lowest BCUT2D eigenvalue weighted by Gasteiger charge is -2.09. The molecule has 22 heavy (non-hydrogen) atoms. The van der Waals surface area contributed by atoms with Gasteiger partial charge in [0.25, 0.3) is 0 Å². The van der Waals surface area contributed by atoms with Crippen LogP contribution in [0.25, 0.3) is 0 Å². The van der Waals surface area contributed by atoms with Crippen LogP contribution in [0.1, 0.15) is 10.4 Å². The lowest BCUT2D eigenvalue weighted by atomic mass is 10.1. The van der Waals surface area contributed by atoms with E-state index < -0.39 is 5.82 Å². The molecule has 0 aliphatic heterocycles. The van der Waals surface area contributed by atoms with Gasteiger partial charge in [0.1, 0.15) is 5.75 Å². The van der Waals surface area contributed by atoms with E-state index in [1.807, 2.05) is 0 Å². The van der Waals surface area contributed by atoms with Gasteiger partial charge in [-0.3, -0.25) is 4.79 Å². The normalized spacial score (nSPS) is 10.2. The van der Waals surface area contributed by atoms with Gasteiger partial charge in [-0.05, 0) is 36.4 Å². The molecule has 0 atom stereocenters. The molecule has 2 aromatic rings. The zero-order valence-electron chi connectivity index (χ0n) is 12.2. The first-order valence-corrected chi connectivity index (χ1v) is 6.87. The van der Waals surface area contributed by atoms with Gasteiger partial charge in [-0.2, -0.15) is 0 Å². The number of ether oxygens (including phenoxy) is 2. The van der Waals surface area contributed by atoms with Crippen LogP contribution in [0.2, 0.25) is 5.02 Å². The number of methoxy groups -OCH3 is 2. The Morgan fingerprint density at radius 2 is 1.82 bits per heavy atom. The topological polar surface area (TPSA) is 47.6 Å². The van der Waals surface area contributed by atoms with E-state index in [1.54, 1.807) is 18.2 Å². The fourth-order valence-electron chi connectivity index (χ4n) is 1.90. The number of rotatable bonds is 6. The van der Waals surface area contributed by atoms with Gasteiger partial charge in [0.2, 0.25) is 0 Å². The maximum atomic E-state index is 13.6. The van der Waals surface area contributed by atoms with Gasteiger partial charge in [-0.1, -0.05) is 11.6 Å². The molecule has 0 aliphatic rings. The van der Waals surface area contributed by atoms with E-state index in [0.717, 1.165) is 6.07 Å². The van der Waals surface area contributed by atoms with Crippen molar-refractivity contribution in [1.82, 2.24) is 0 Å². The summed E-state index contributed by atoms with van der Waals surface area (Å²) in [5.41, 5.74) is 0.943. The number of hydrogen-bond donors (Lipinski definition) is 1. The molecule has 0 saturated heterocycles. The number of anilines is 1. The fourth-order valence-corrected chi connectivity index (χ4v) is 2.16. The zero-order chi connectivity index (χ0) is 16.1. The number of halogens is 2. The third kappa shape index (κ3) is 3.68. The minimum Gasteiger partial charge on any atom is -0.495 e. The Labute approximate surface area is 132 Å². The molecule has 0 unspecified atom stereocenters. The quantitative estimate of drug-likeness (QED) is 0.822.